The molecule has 0 spiro atoms. The smallest absolute Gasteiger partial charge is 0.229 e. The number of para-hydroxylation sites is 1. The van der Waals surface area contributed by atoms with E-state index in [2.05, 4.69) is 5.32 Å². The summed E-state index contributed by atoms with van der Waals surface area (Å²) in [6.07, 6.45) is 0.648. The number of nitrogens with one attached hydrogen (secondary N) is 1. The largest absolute Gasteiger partial charge is 0.384 e. The monoisotopic (exact) mass is 254 g/mol. The molecule has 1 aliphatic heterocycles. The van der Waals surface area contributed by atoms with Crippen molar-refractivity contribution in [1.82, 2.24) is 4.90 Å². The average Bonchev–Trinajstić information content (AvgIpc) is 2.46. The number of hydrogen-bond acceptors (Lipinski definition) is 4. The van der Waals surface area contributed by atoms with Gasteiger partial charge in [-0.05, 0) is 18.1 Å². The third kappa shape index (κ3) is 2.83. The van der Waals surface area contributed by atoms with Crippen LogP contribution in [0.2, 0.25) is 0 Å². The Hall–Kier alpha value is -2.53. The van der Waals surface area contributed by atoms with Gasteiger partial charge in [-0.2, -0.15) is 10.5 Å². The molecule has 19 heavy (non-hydrogen) atoms. The van der Waals surface area contributed by atoms with Gasteiger partial charge in [-0.1, -0.05) is 18.2 Å². The molecular formula is C14H14N4O. The Morgan fingerprint density at radius 3 is 2.68 bits per heavy atom. The molecule has 0 saturated heterocycles. The number of amides is 1. The molecule has 1 heterocycles. The molecule has 0 radical (unpaired) electrons. The standard InChI is InChI=1S/C14H14N4O/c15-5-7-18(8-6-16)14(19)12-9-11-3-1-2-4-13(11)17-10-12/h1-4,12,17H,7-10H2. The van der Waals surface area contributed by atoms with E-state index >= 15 is 0 Å². The number of nitriles is 2. The van der Waals surface area contributed by atoms with E-state index in [-0.39, 0.29) is 24.9 Å². The number of anilines is 1. The summed E-state index contributed by atoms with van der Waals surface area (Å²) in [6.45, 7) is 0.471. The topological polar surface area (TPSA) is 79.9 Å². The molecule has 1 unspecified atom stereocenters. The van der Waals surface area contributed by atoms with Gasteiger partial charge in [-0.3, -0.25) is 4.79 Å². The Kier molecular flexibility index (Phi) is 4.00. The van der Waals surface area contributed by atoms with Crippen LogP contribution < -0.4 is 5.32 Å². The zero-order chi connectivity index (χ0) is 13.7. The fraction of sp³-hybridized carbons (Fsp3) is 0.357. The Morgan fingerprint density at radius 2 is 2.00 bits per heavy atom. The van der Waals surface area contributed by atoms with Crippen molar-refractivity contribution >= 4 is 11.6 Å². The maximum atomic E-state index is 12.3. The Morgan fingerprint density at radius 1 is 1.32 bits per heavy atom. The molecule has 1 N–H and O–H groups in total. The van der Waals surface area contributed by atoms with Gasteiger partial charge in [-0.15, -0.1) is 0 Å². The first-order valence-electron chi connectivity index (χ1n) is 6.10. The number of benzene rings is 1. The lowest BCUT2D eigenvalue weighted by Crippen LogP contribution is -2.41. The van der Waals surface area contributed by atoms with Gasteiger partial charge in [0, 0.05) is 12.2 Å². The highest BCUT2D eigenvalue weighted by Gasteiger charge is 2.27. The fourth-order valence-electron chi connectivity index (χ4n) is 2.26. The second-order valence-electron chi connectivity index (χ2n) is 4.45. The van der Waals surface area contributed by atoms with E-state index in [1.165, 1.54) is 4.90 Å². The van der Waals surface area contributed by atoms with Crippen molar-refractivity contribution in [2.75, 3.05) is 25.0 Å². The third-order valence-electron chi connectivity index (χ3n) is 3.21. The van der Waals surface area contributed by atoms with Crippen LogP contribution in [0.25, 0.3) is 0 Å². The minimum Gasteiger partial charge on any atom is -0.384 e. The molecule has 0 bridgehead atoms. The molecule has 2 rings (SSSR count). The molecule has 1 amide bonds. The zero-order valence-electron chi connectivity index (χ0n) is 10.5. The van der Waals surface area contributed by atoms with Gasteiger partial charge in [0.05, 0.1) is 18.1 Å². The van der Waals surface area contributed by atoms with Crippen molar-refractivity contribution in [3.63, 3.8) is 0 Å². The van der Waals surface area contributed by atoms with Crippen LogP contribution in [-0.4, -0.2) is 30.4 Å². The maximum absolute atomic E-state index is 12.3. The van der Waals surface area contributed by atoms with E-state index in [1.807, 2.05) is 36.4 Å². The van der Waals surface area contributed by atoms with Crippen LogP contribution in [0.1, 0.15) is 5.56 Å². The normalized spacial score (nSPS) is 16.4. The van der Waals surface area contributed by atoms with Gasteiger partial charge in [0.25, 0.3) is 0 Å². The summed E-state index contributed by atoms with van der Waals surface area (Å²) in [4.78, 5) is 13.6. The Labute approximate surface area is 112 Å². The minimum atomic E-state index is -0.211. The first-order valence-corrected chi connectivity index (χ1v) is 6.10. The quantitative estimate of drug-likeness (QED) is 0.820. The fourth-order valence-corrected chi connectivity index (χ4v) is 2.26. The molecule has 96 valence electrons. The molecule has 1 aliphatic rings. The van der Waals surface area contributed by atoms with Crippen LogP contribution in [0.4, 0.5) is 5.69 Å². The lowest BCUT2D eigenvalue weighted by molar-refractivity contribution is -0.133. The molecule has 0 fully saturated rings. The summed E-state index contributed by atoms with van der Waals surface area (Å²) >= 11 is 0. The number of carbonyl (C=O) groups excluding carboxylic acids is 1. The Balaban J connectivity index is 2.10. The SMILES string of the molecule is N#CCN(CC#N)C(=O)C1CNc2ccccc2C1. The predicted octanol–water partition coefficient (Wildman–Crippen LogP) is 1.15. The molecule has 0 aromatic heterocycles. The van der Waals surface area contributed by atoms with Gasteiger partial charge in [0.15, 0.2) is 0 Å². The number of rotatable bonds is 3. The van der Waals surface area contributed by atoms with E-state index in [0.717, 1.165) is 11.3 Å². The van der Waals surface area contributed by atoms with E-state index < -0.39 is 0 Å². The van der Waals surface area contributed by atoms with Gasteiger partial charge in [0.2, 0.25) is 5.91 Å². The molecule has 5 nitrogen and oxygen atoms in total. The molecule has 1 atom stereocenters. The molecule has 0 saturated carbocycles. The van der Waals surface area contributed by atoms with Crippen molar-refractivity contribution in [3.05, 3.63) is 29.8 Å². The minimum absolute atomic E-state index is 0.0372. The molecule has 1 aromatic rings. The number of fused-ring (bicyclic) bond motifs is 1. The summed E-state index contributed by atoms with van der Waals surface area (Å²) in [7, 11) is 0. The van der Waals surface area contributed by atoms with Crippen LogP contribution in [0.15, 0.2) is 24.3 Å². The van der Waals surface area contributed by atoms with Crippen molar-refractivity contribution in [3.8, 4) is 12.1 Å². The highest BCUT2D eigenvalue weighted by atomic mass is 16.2. The van der Waals surface area contributed by atoms with Crippen LogP contribution >= 0.6 is 0 Å². The lowest BCUT2D eigenvalue weighted by Gasteiger charge is -2.28. The van der Waals surface area contributed by atoms with Gasteiger partial charge in [-0.25, -0.2) is 0 Å². The molecule has 5 heteroatoms. The molecule has 0 aliphatic carbocycles. The summed E-state index contributed by atoms with van der Waals surface area (Å²) in [5.41, 5.74) is 2.15. The van der Waals surface area contributed by atoms with Crippen molar-refractivity contribution in [1.29, 1.82) is 10.5 Å². The van der Waals surface area contributed by atoms with E-state index in [0.29, 0.717) is 13.0 Å². The second-order valence-corrected chi connectivity index (χ2v) is 4.45. The van der Waals surface area contributed by atoms with Crippen molar-refractivity contribution in [2.45, 2.75) is 6.42 Å². The third-order valence-corrected chi connectivity index (χ3v) is 3.21. The highest BCUT2D eigenvalue weighted by molar-refractivity contribution is 5.81. The summed E-state index contributed by atoms with van der Waals surface area (Å²) in [5, 5.41) is 20.6. The number of hydrogen-bond donors (Lipinski definition) is 1. The maximum Gasteiger partial charge on any atom is 0.229 e. The first-order chi connectivity index (χ1) is 9.26. The zero-order valence-corrected chi connectivity index (χ0v) is 10.5. The lowest BCUT2D eigenvalue weighted by atomic mass is 9.93. The molecule has 1 aromatic carbocycles. The van der Waals surface area contributed by atoms with E-state index in [9.17, 15) is 4.79 Å². The summed E-state index contributed by atoms with van der Waals surface area (Å²) in [5.74, 6) is -0.346. The highest BCUT2D eigenvalue weighted by Crippen LogP contribution is 2.25. The van der Waals surface area contributed by atoms with Crippen LogP contribution in [0, 0.1) is 28.6 Å². The summed E-state index contributed by atoms with van der Waals surface area (Å²) in [6, 6.07) is 11.7. The number of carbonyl (C=O) groups is 1. The second kappa shape index (κ2) is 5.88. The Bertz CT molecular complexity index is 539. The predicted molar refractivity (Wildman–Crippen MR) is 69.9 cm³/mol. The van der Waals surface area contributed by atoms with Gasteiger partial charge in [0.1, 0.15) is 13.1 Å². The molecular weight excluding hydrogens is 240 g/mol. The van der Waals surface area contributed by atoms with Crippen LogP contribution in [0.3, 0.4) is 0 Å². The van der Waals surface area contributed by atoms with Crippen LogP contribution in [-0.2, 0) is 11.2 Å². The van der Waals surface area contributed by atoms with Gasteiger partial charge < -0.3 is 10.2 Å². The average molecular weight is 254 g/mol. The van der Waals surface area contributed by atoms with Gasteiger partial charge >= 0.3 is 0 Å². The van der Waals surface area contributed by atoms with Crippen molar-refractivity contribution < 1.29 is 4.79 Å². The van der Waals surface area contributed by atoms with E-state index in [1.54, 1.807) is 0 Å². The van der Waals surface area contributed by atoms with Crippen molar-refractivity contribution in [2.24, 2.45) is 5.92 Å². The first kappa shape index (κ1) is 12.9. The number of nitrogens with zero attached hydrogens (tertiary/aromatic N) is 3. The van der Waals surface area contributed by atoms with Crippen LogP contribution in [0.5, 0.6) is 0 Å². The summed E-state index contributed by atoms with van der Waals surface area (Å²) < 4.78 is 0. The van der Waals surface area contributed by atoms with E-state index in [4.69, 9.17) is 10.5 Å².